The molecule has 0 spiro atoms. The molecular weight excluding hydrogens is 530 g/mol. The quantitative estimate of drug-likeness (QED) is 0.300. The number of nitrogens with one attached hydrogen (secondary N) is 2. The Bertz CT molecular complexity index is 1190. The lowest BCUT2D eigenvalue weighted by atomic mass is 10.0. The third-order valence-corrected chi connectivity index (χ3v) is 6.56. The molecule has 0 bridgehead atoms. The number of rotatable bonds is 11. The van der Waals surface area contributed by atoms with Crippen molar-refractivity contribution in [3.05, 3.63) is 71.8 Å². The second-order valence-corrected chi connectivity index (χ2v) is 10.9. The van der Waals surface area contributed by atoms with Crippen LogP contribution in [0.2, 0.25) is 0 Å². The molecule has 222 valence electrons. The lowest BCUT2D eigenvalue weighted by Gasteiger charge is -2.37. The summed E-state index contributed by atoms with van der Waals surface area (Å²) in [6.45, 7) is 4.03. The number of alkyl carbamates (subject to hydrolysis) is 1. The van der Waals surface area contributed by atoms with E-state index in [4.69, 9.17) is 9.47 Å². The highest BCUT2D eigenvalue weighted by atomic mass is 16.6. The minimum atomic E-state index is -2.49. The fourth-order valence-electron chi connectivity index (χ4n) is 4.51. The van der Waals surface area contributed by atoms with E-state index in [0.29, 0.717) is 12.8 Å². The number of aryl methyl sites for hydroxylation is 1. The number of benzene rings is 2. The van der Waals surface area contributed by atoms with Gasteiger partial charge in [0.1, 0.15) is 18.2 Å². The largest absolute Gasteiger partial charge is 0.456 e. The zero-order valence-electron chi connectivity index (χ0n) is 23.7. The number of nitrogens with zero attached hydrogens (tertiary/aromatic N) is 1. The third kappa shape index (κ3) is 8.76. The molecular formula is C30H39N3O8. The first-order chi connectivity index (χ1) is 19.4. The van der Waals surface area contributed by atoms with Crippen LogP contribution in [0.15, 0.2) is 60.7 Å². The van der Waals surface area contributed by atoms with Gasteiger partial charge in [-0.1, -0.05) is 60.7 Å². The van der Waals surface area contributed by atoms with Gasteiger partial charge in [0.05, 0.1) is 12.6 Å². The maximum atomic E-state index is 13.3. The van der Waals surface area contributed by atoms with Crippen LogP contribution in [0.5, 0.6) is 0 Å². The third-order valence-electron chi connectivity index (χ3n) is 6.56. The van der Waals surface area contributed by atoms with E-state index in [0.717, 1.165) is 16.0 Å². The van der Waals surface area contributed by atoms with Gasteiger partial charge in [0.2, 0.25) is 11.8 Å². The van der Waals surface area contributed by atoms with Gasteiger partial charge in [-0.05, 0) is 51.2 Å². The van der Waals surface area contributed by atoms with Crippen LogP contribution in [0.25, 0.3) is 0 Å². The Morgan fingerprint density at radius 1 is 1.02 bits per heavy atom. The predicted molar refractivity (Wildman–Crippen MR) is 149 cm³/mol. The van der Waals surface area contributed by atoms with Gasteiger partial charge in [0.15, 0.2) is 0 Å². The van der Waals surface area contributed by atoms with E-state index in [1.807, 2.05) is 36.4 Å². The molecule has 2 aromatic rings. The van der Waals surface area contributed by atoms with Gasteiger partial charge in [-0.2, -0.15) is 0 Å². The van der Waals surface area contributed by atoms with Gasteiger partial charge in [-0.25, -0.2) is 9.59 Å². The van der Waals surface area contributed by atoms with Gasteiger partial charge in [0, 0.05) is 13.0 Å². The molecule has 41 heavy (non-hydrogen) atoms. The number of esters is 1. The molecule has 3 amide bonds. The van der Waals surface area contributed by atoms with Crippen LogP contribution in [-0.2, 0) is 36.9 Å². The summed E-state index contributed by atoms with van der Waals surface area (Å²) in [7, 11) is 0. The van der Waals surface area contributed by atoms with Crippen molar-refractivity contribution in [2.24, 2.45) is 0 Å². The van der Waals surface area contributed by atoms with E-state index in [-0.39, 0.29) is 26.0 Å². The number of ether oxygens (including phenoxy) is 2. The average Bonchev–Trinajstić information content (AvgIpc) is 3.27. The fourth-order valence-corrected chi connectivity index (χ4v) is 4.51. The van der Waals surface area contributed by atoms with Crippen LogP contribution < -0.4 is 10.6 Å². The molecule has 3 rings (SSSR count). The monoisotopic (exact) mass is 569 g/mol. The van der Waals surface area contributed by atoms with Crippen molar-refractivity contribution in [3.8, 4) is 0 Å². The zero-order chi connectivity index (χ0) is 30.0. The first-order valence-electron chi connectivity index (χ1n) is 13.6. The highest BCUT2D eigenvalue weighted by Crippen LogP contribution is 2.31. The van der Waals surface area contributed by atoms with Crippen molar-refractivity contribution in [2.75, 3.05) is 13.2 Å². The zero-order valence-corrected chi connectivity index (χ0v) is 23.7. The van der Waals surface area contributed by atoms with Gasteiger partial charge >= 0.3 is 12.1 Å². The second kappa shape index (κ2) is 14.1. The fraction of sp³-hybridized carbons (Fsp3) is 0.467. The SMILES string of the molecule is CC(C)(C)OC(=O)[C@@]1(O)[C@@H](NC(=O)[C@H](CO)NC(=O)OCc2ccccc2)CCN1C(=O)CCCc1ccccc1. The van der Waals surface area contributed by atoms with E-state index >= 15 is 0 Å². The molecule has 3 atom stereocenters. The maximum Gasteiger partial charge on any atom is 0.408 e. The Kier molecular flexibility index (Phi) is 10.8. The number of amides is 3. The van der Waals surface area contributed by atoms with Crippen molar-refractivity contribution in [3.63, 3.8) is 0 Å². The molecule has 1 fully saturated rings. The van der Waals surface area contributed by atoms with E-state index in [9.17, 15) is 29.4 Å². The van der Waals surface area contributed by atoms with Crippen molar-refractivity contribution >= 4 is 23.9 Å². The molecule has 11 heteroatoms. The van der Waals surface area contributed by atoms with Crippen LogP contribution in [-0.4, -0.2) is 75.6 Å². The molecule has 2 aromatic carbocycles. The van der Waals surface area contributed by atoms with Crippen LogP contribution in [0.1, 0.15) is 51.2 Å². The van der Waals surface area contributed by atoms with Gasteiger partial charge in [-0.3, -0.25) is 9.59 Å². The number of hydrogen-bond acceptors (Lipinski definition) is 8. The molecule has 0 radical (unpaired) electrons. The van der Waals surface area contributed by atoms with Gasteiger partial charge in [0.25, 0.3) is 5.72 Å². The first-order valence-corrected chi connectivity index (χ1v) is 13.6. The number of aliphatic hydroxyl groups is 2. The van der Waals surface area contributed by atoms with Crippen molar-refractivity contribution < 1.29 is 38.9 Å². The number of carbonyl (C=O) groups excluding carboxylic acids is 4. The molecule has 11 nitrogen and oxygen atoms in total. The number of likely N-dealkylation sites (tertiary alicyclic amines) is 1. The van der Waals surface area contributed by atoms with Crippen LogP contribution in [0.3, 0.4) is 0 Å². The molecule has 1 aliphatic heterocycles. The Morgan fingerprint density at radius 3 is 2.22 bits per heavy atom. The van der Waals surface area contributed by atoms with Gasteiger partial charge < -0.3 is 35.2 Å². The van der Waals surface area contributed by atoms with E-state index < -0.39 is 53.9 Å². The second-order valence-electron chi connectivity index (χ2n) is 10.9. The summed E-state index contributed by atoms with van der Waals surface area (Å²) >= 11 is 0. The van der Waals surface area contributed by atoms with Crippen LogP contribution >= 0.6 is 0 Å². The average molecular weight is 570 g/mol. The Hall–Kier alpha value is -3.96. The summed E-state index contributed by atoms with van der Waals surface area (Å²) in [4.78, 5) is 52.8. The highest BCUT2D eigenvalue weighted by molar-refractivity contribution is 5.91. The predicted octanol–water partition coefficient (Wildman–Crippen LogP) is 2.04. The molecule has 0 aliphatic carbocycles. The molecule has 1 saturated heterocycles. The van der Waals surface area contributed by atoms with E-state index in [1.54, 1.807) is 45.0 Å². The normalized spacial score (nSPS) is 19.2. The Morgan fingerprint density at radius 2 is 1.63 bits per heavy atom. The molecule has 0 unspecified atom stereocenters. The highest BCUT2D eigenvalue weighted by Gasteiger charge is 2.58. The summed E-state index contributed by atoms with van der Waals surface area (Å²) in [5.41, 5.74) is -1.68. The standard InChI is InChI=1S/C30H39N3O8/c1-29(2,3)41-27(37)30(39)24(17-18-33(30)25(35)16-10-15-21-11-6-4-7-12-21)32-26(36)23(19-34)31-28(38)40-20-22-13-8-5-9-14-22/h4-9,11-14,23-24,34,39H,10,15-20H2,1-3H3,(H,31,38)(H,32,36)/t23-,24-,30-/m0/s1. The number of hydrogen-bond donors (Lipinski definition) is 4. The first kappa shape index (κ1) is 31.6. The van der Waals surface area contributed by atoms with E-state index in [1.165, 1.54) is 0 Å². The summed E-state index contributed by atoms with van der Waals surface area (Å²) in [5, 5.41) is 26.2. The number of carbonyl (C=O) groups is 4. The minimum absolute atomic E-state index is 0.0127. The smallest absolute Gasteiger partial charge is 0.408 e. The van der Waals surface area contributed by atoms with Gasteiger partial charge in [-0.15, -0.1) is 0 Å². The molecule has 4 N–H and O–H groups in total. The minimum Gasteiger partial charge on any atom is -0.456 e. The topological polar surface area (TPSA) is 154 Å². The van der Waals surface area contributed by atoms with Crippen LogP contribution in [0.4, 0.5) is 4.79 Å². The molecule has 1 aliphatic rings. The van der Waals surface area contributed by atoms with Crippen molar-refractivity contribution in [1.29, 1.82) is 0 Å². The van der Waals surface area contributed by atoms with Crippen molar-refractivity contribution in [1.82, 2.24) is 15.5 Å². The van der Waals surface area contributed by atoms with Crippen LogP contribution in [0, 0.1) is 0 Å². The molecule has 0 saturated carbocycles. The Balaban J connectivity index is 1.67. The summed E-state index contributed by atoms with van der Waals surface area (Å²) in [6, 6.07) is 15.8. The summed E-state index contributed by atoms with van der Waals surface area (Å²) in [5.74, 6) is -2.41. The lowest BCUT2D eigenvalue weighted by Crippen LogP contribution is -2.65. The molecule has 1 heterocycles. The Labute approximate surface area is 239 Å². The summed E-state index contributed by atoms with van der Waals surface area (Å²) in [6.07, 6.45) is 0.294. The number of aliphatic hydroxyl groups excluding tert-OH is 1. The summed E-state index contributed by atoms with van der Waals surface area (Å²) < 4.78 is 10.6. The maximum absolute atomic E-state index is 13.3. The lowest BCUT2D eigenvalue weighted by molar-refractivity contribution is -0.200. The molecule has 0 aromatic heterocycles. The van der Waals surface area contributed by atoms with E-state index in [2.05, 4.69) is 10.6 Å². The van der Waals surface area contributed by atoms with Crippen molar-refractivity contribution in [2.45, 2.75) is 76.5 Å².